The molecule has 0 bridgehead atoms. The predicted octanol–water partition coefficient (Wildman–Crippen LogP) is 1.34. The highest BCUT2D eigenvalue weighted by atomic mass is 16.4. The second kappa shape index (κ2) is 7.87. The third-order valence-corrected chi connectivity index (χ3v) is 3.53. The number of oxime groups is 1. The molecule has 0 aliphatic rings. The summed E-state index contributed by atoms with van der Waals surface area (Å²) >= 11 is 0. The number of hydrogen-bond acceptors (Lipinski definition) is 4. The van der Waals surface area contributed by atoms with Gasteiger partial charge in [0.25, 0.3) is 0 Å². The molecule has 112 valence electrons. The first-order valence-electron chi connectivity index (χ1n) is 6.86. The molecular weight excluding hydrogens is 254 g/mol. The minimum Gasteiger partial charge on any atom is -0.409 e. The molecule has 0 aliphatic carbocycles. The maximum atomic E-state index is 9.42. The smallest absolute Gasteiger partial charge is 0.144 e. The van der Waals surface area contributed by atoms with Gasteiger partial charge in [-0.1, -0.05) is 49.3 Å². The number of aliphatic hydroxyl groups excluding tert-OH is 1. The molecule has 0 saturated heterocycles. The monoisotopic (exact) mass is 279 g/mol. The lowest BCUT2D eigenvalue weighted by Crippen LogP contribution is -2.39. The van der Waals surface area contributed by atoms with E-state index < -0.39 is 0 Å². The van der Waals surface area contributed by atoms with Crippen LogP contribution in [-0.4, -0.2) is 35.3 Å². The molecule has 1 aromatic carbocycles. The van der Waals surface area contributed by atoms with Crippen LogP contribution in [-0.2, 0) is 6.42 Å². The van der Waals surface area contributed by atoms with Crippen molar-refractivity contribution in [1.29, 1.82) is 0 Å². The van der Waals surface area contributed by atoms with Gasteiger partial charge in [-0.15, -0.1) is 0 Å². The van der Waals surface area contributed by atoms with Gasteiger partial charge in [0, 0.05) is 11.5 Å². The molecule has 1 atom stereocenters. The summed E-state index contributed by atoms with van der Waals surface area (Å²) < 4.78 is 0. The number of nitrogens with two attached hydrogens (primary N) is 1. The quantitative estimate of drug-likeness (QED) is 0.250. The maximum absolute atomic E-state index is 9.42. The Morgan fingerprint density at radius 3 is 2.55 bits per heavy atom. The van der Waals surface area contributed by atoms with Gasteiger partial charge in [0.1, 0.15) is 5.84 Å². The normalized spacial score (nSPS) is 14.2. The molecule has 1 rings (SSSR count). The molecule has 1 unspecified atom stereocenters. The van der Waals surface area contributed by atoms with Crippen molar-refractivity contribution in [2.45, 2.75) is 32.7 Å². The molecule has 0 aliphatic heterocycles. The Hall–Kier alpha value is -1.59. The van der Waals surface area contributed by atoms with E-state index in [0.29, 0.717) is 6.54 Å². The van der Waals surface area contributed by atoms with Gasteiger partial charge in [-0.25, -0.2) is 0 Å². The van der Waals surface area contributed by atoms with Gasteiger partial charge in [0.05, 0.1) is 6.61 Å². The highest BCUT2D eigenvalue weighted by molar-refractivity contribution is 5.85. The van der Waals surface area contributed by atoms with Gasteiger partial charge >= 0.3 is 0 Å². The Labute approximate surface area is 120 Å². The third-order valence-electron chi connectivity index (χ3n) is 3.53. The summed E-state index contributed by atoms with van der Waals surface area (Å²) in [6.45, 7) is 4.63. The van der Waals surface area contributed by atoms with Crippen LogP contribution < -0.4 is 11.1 Å². The average molecular weight is 279 g/mol. The summed E-state index contributed by atoms with van der Waals surface area (Å²) in [6.07, 6.45) is 1.51. The molecule has 0 fully saturated rings. The van der Waals surface area contributed by atoms with Gasteiger partial charge in [0.15, 0.2) is 0 Å². The summed E-state index contributed by atoms with van der Waals surface area (Å²) in [5, 5.41) is 24.5. The van der Waals surface area contributed by atoms with E-state index in [-0.39, 0.29) is 23.9 Å². The van der Waals surface area contributed by atoms with Crippen molar-refractivity contribution in [3.05, 3.63) is 35.9 Å². The van der Waals surface area contributed by atoms with Crippen LogP contribution in [0.5, 0.6) is 0 Å². The Bertz CT molecular complexity index is 418. The van der Waals surface area contributed by atoms with Crippen molar-refractivity contribution in [1.82, 2.24) is 5.32 Å². The number of amidine groups is 1. The van der Waals surface area contributed by atoms with Crippen molar-refractivity contribution in [2.75, 3.05) is 13.2 Å². The third kappa shape index (κ3) is 5.19. The summed E-state index contributed by atoms with van der Waals surface area (Å²) in [5.74, 6) is 0.225. The number of rotatable bonds is 8. The number of nitrogens with zero attached hydrogens (tertiary/aromatic N) is 1. The molecule has 5 heteroatoms. The summed E-state index contributed by atoms with van der Waals surface area (Å²) in [6, 6.07) is 10.1. The van der Waals surface area contributed by atoms with Crippen LogP contribution in [0.1, 0.15) is 25.8 Å². The van der Waals surface area contributed by atoms with E-state index in [1.807, 2.05) is 44.2 Å². The largest absolute Gasteiger partial charge is 0.409 e. The second-order valence-electron chi connectivity index (χ2n) is 5.64. The van der Waals surface area contributed by atoms with E-state index in [2.05, 4.69) is 10.5 Å². The molecule has 0 radical (unpaired) electrons. The lowest BCUT2D eigenvalue weighted by Gasteiger charge is -2.24. The fraction of sp³-hybridized carbons (Fsp3) is 0.533. The molecule has 5 nitrogen and oxygen atoms in total. The fourth-order valence-electron chi connectivity index (χ4n) is 1.95. The van der Waals surface area contributed by atoms with Crippen molar-refractivity contribution >= 4 is 5.84 Å². The Morgan fingerprint density at radius 2 is 2.00 bits per heavy atom. The molecule has 0 spiro atoms. The van der Waals surface area contributed by atoms with Crippen molar-refractivity contribution in [3.8, 4) is 0 Å². The summed E-state index contributed by atoms with van der Waals surface area (Å²) in [7, 11) is 0. The van der Waals surface area contributed by atoms with Gasteiger partial charge in [-0.2, -0.15) is 0 Å². The number of aliphatic hydroxyl groups is 1. The molecule has 0 aromatic heterocycles. The van der Waals surface area contributed by atoms with Crippen molar-refractivity contribution in [3.63, 3.8) is 0 Å². The Kier molecular flexibility index (Phi) is 6.48. The zero-order valence-electron chi connectivity index (χ0n) is 12.2. The van der Waals surface area contributed by atoms with Crippen LogP contribution in [0, 0.1) is 5.41 Å². The minimum atomic E-state index is -0.367. The van der Waals surface area contributed by atoms with Crippen molar-refractivity contribution in [2.24, 2.45) is 16.3 Å². The van der Waals surface area contributed by atoms with E-state index in [1.165, 1.54) is 5.56 Å². The van der Waals surface area contributed by atoms with Gasteiger partial charge in [-0.3, -0.25) is 0 Å². The van der Waals surface area contributed by atoms with Crippen LogP contribution in [0.25, 0.3) is 0 Å². The number of benzene rings is 1. The summed E-state index contributed by atoms with van der Waals surface area (Å²) in [5.41, 5.74) is 6.47. The predicted molar refractivity (Wildman–Crippen MR) is 80.8 cm³/mol. The lowest BCUT2D eigenvalue weighted by atomic mass is 9.88. The topological polar surface area (TPSA) is 90.9 Å². The van der Waals surface area contributed by atoms with E-state index in [9.17, 15) is 5.11 Å². The molecule has 0 saturated carbocycles. The number of hydrogen-bond donors (Lipinski definition) is 4. The van der Waals surface area contributed by atoms with Crippen LogP contribution in [0.3, 0.4) is 0 Å². The SMILES string of the molecule is CC(C)(CCNC(CO)Cc1ccccc1)C(N)=NO. The Balaban J connectivity index is 2.43. The minimum absolute atomic E-state index is 0.0143. The van der Waals surface area contributed by atoms with E-state index >= 15 is 0 Å². The van der Waals surface area contributed by atoms with E-state index in [1.54, 1.807) is 0 Å². The van der Waals surface area contributed by atoms with Gasteiger partial charge in [-0.05, 0) is 24.9 Å². The highest BCUT2D eigenvalue weighted by Gasteiger charge is 2.23. The van der Waals surface area contributed by atoms with Crippen LogP contribution in [0.4, 0.5) is 0 Å². The Morgan fingerprint density at radius 1 is 1.35 bits per heavy atom. The molecule has 0 amide bonds. The fourth-order valence-corrected chi connectivity index (χ4v) is 1.95. The molecule has 0 heterocycles. The van der Waals surface area contributed by atoms with Gasteiger partial charge in [0.2, 0.25) is 0 Å². The molecule has 1 aromatic rings. The maximum Gasteiger partial charge on any atom is 0.144 e. The second-order valence-corrected chi connectivity index (χ2v) is 5.64. The molecule has 20 heavy (non-hydrogen) atoms. The van der Waals surface area contributed by atoms with Gasteiger partial charge < -0.3 is 21.4 Å². The number of nitrogens with one attached hydrogen (secondary N) is 1. The highest BCUT2D eigenvalue weighted by Crippen LogP contribution is 2.19. The lowest BCUT2D eigenvalue weighted by molar-refractivity contribution is 0.237. The average Bonchev–Trinajstić information content (AvgIpc) is 2.46. The molecule has 5 N–H and O–H groups in total. The zero-order chi connectivity index (χ0) is 15.0. The molecular formula is C15H25N3O2. The van der Waals surface area contributed by atoms with Crippen LogP contribution in [0.15, 0.2) is 35.5 Å². The standard InChI is InChI=1S/C15H25N3O2/c1-15(2,14(16)18-20)8-9-17-13(11-19)10-12-6-4-3-5-7-12/h3-7,13,17,19-20H,8-11H2,1-2H3,(H2,16,18). The summed E-state index contributed by atoms with van der Waals surface area (Å²) in [4.78, 5) is 0. The van der Waals surface area contributed by atoms with Crippen LogP contribution in [0.2, 0.25) is 0 Å². The first-order valence-corrected chi connectivity index (χ1v) is 6.86. The first kappa shape index (κ1) is 16.5. The van der Waals surface area contributed by atoms with Crippen LogP contribution >= 0.6 is 0 Å². The zero-order valence-corrected chi connectivity index (χ0v) is 12.2. The first-order chi connectivity index (χ1) is 9.49. The van der Waals surface area contributed by atoms with Crippen molar-refractivity contribution < 1.29 is 10.3 Å². The van der Waals surface area contributed by atoms with E-state index in [4.69, 9.17) is 10.9 Å². The van der Waals surface area contributed by atoms with E-state index in [0.717, 1.165) is 12.8 Å².